The van der Waals surface area contributed by atoms with Crippen LogP contribution in [0.3, 0.4) is 0 Å². The van der Waals surface area contributed by atoms with Crippen LogP contribution in [0.2, 0.25) is 0 Å². The van der Waals surface area contributed by atoms with E-state index in [0.717, 1.165) is 49.4 Å². The fourth-order valence-electron chi connectivity index (χ4n) is 4.35. The SMILES string of the molecule is CCN1CCc2cc(Nc3cc4cc(-c5cncc(N)c5C)c(F)c(N)c4cn3)nn2CC1. The van der Waals surface area contributed by atoms with E-state index >= 15 is 4.39 Å². The molecule has 0 spiro atoms. The zero-order valence-electron chi connectivity index (χ0n) is 18.8. The minimum atomic E-state index is -0.500. The molecule has 33 heavy (non-hydrogen) atoms. The summed E-state index contributed by atoms with van der Waals surface area (Å²) in [5.74, 6) is 0.859. The van der Waals surface area contributed by atoms with Crippen LogP contribution >= 0.6 is 0 Å². The third-order valence-electron chi connectivity index (χ3n) is 6.42. The standard InChI is InChI=1S/C24H27FN8/c1-3-32-5-4-16-10-22(31-33(16)7-6-32)30-21-9-15-8-17(18-11-28-13-20(26)14(18)2)23(25)24(27)19(15)12-29-21/h8-13H,3-7,26-27H2,1-2H3,(H,29,30,31). The van der Waals surface area contributed by atoms with Crippen molar-refractivity contribution in [2.24, 2.45) is 0 Å². The molecule has 5 rings (SSSR count). The molecular weight excluding hydrogens is 419 g/mol. The van der Waals surface area contributed by atoms with Gasteiger partial charge in [-0.25, -0.2) is 9.37 Å². The van der Waals surface area contributed by atoms with Gasteiger partial charge < -0.3 is 21.7 Å². The van der Waals surface area contributed by atoms with Gasteiger partial charge in [0.2, 0.25) is 0 Å². The normalized spacial score (nSPS) is 14.3. The summed E-state index contributed by atoms with van der Waals surface area (Å²) in [7, 11) is 0. The predicted octanol–water partition coefficient (Wildman–Crippen LogP) is 3.73. The summed E-state index contributed by atoms with van der Waals surface area (Å²) in [5, 5.41) is 9.31. The third-order valence-corrected chi connectivity index (χ3v) is 6.42. The van der Waals surface area contributed by atoms with Crippen LogP contribution in [-0.2, 0) is 13.0 Å². The smallest absolute Gasteiger partial charge is 0.154 e. The van der Waals surface area contributed by atoms with Crippen molar-refractivity contribution in [3.05, 3.63) is 53.9 Å². The van der Waals surface area contributed by atoms with Crippen LogP contribution in [0.1, 0.15) is 18.2 Å². The molecule has 0 bridgehead atoms. The van der Waals surface area contributed by atoms with Crippen molar-refractivity contribution in [3.63, 3.8) is 0 Å². The maximum atomic E-state index is 15.1. The van der Waals surface area contributed by atoms with Gasteiger partial charge in [-0.2, -0.15) is 5.10 Å². The van der Waals surface area contributed by atoms with Gasteiger partial charge in [0, 0.05) is 60.2 Å². The highest BCUT2D eigenvalue weighted by molar-refractivity contribution is 5.98. The first kappa shape index (κ1) is 21.1. The van der Waals surface area contributed by atoms with Crippen molar-refractivity contribution >= 4 is 33.8 Å². The lowest BCUT2D eigenvalue weighted by Gasteiger charge is -2.16. The summed E-state index contributed by atoms with van der Waals surface area (Å²) in [6, 6.07) is 5.68. The second-order valence-corrected chi connectivity index (χ2v) is 8.40. The Morgan fingerprint density at radius 1 is 1.03 bits per heavy atom. The van der Waals surface area contributed by atoms with Gasteiger partial charge in [0.15, 0.2) is 11.6 Å². The summed E-state index contributed by atoms with van der Waals surface area (Å²) in [6.45, 7) is 7.96. The maximum absolute atomic E-state index is 15.1. The molecule has 0 unspecified atom stereocenters. The Labute approximate surface area is 191 Å². The number of halogens is 1. The van der Waals surface area contributed by atoms with E-state index in [9.17, 15) is 0 Å². The highest BCUT2D eigenvalue weighted by Crippen LogP contribution is 2.36. The Morgan fingerprint density at radius 3 is 2.70 bits per heavy atom. The van der Waals surface area contributed by atoms with Gasteiger partial charge in [0.25, 0.3) is 0 Å². The van der Waals surface area contributed by atoms with Gasteiger partial charge in [0.1, 0.15) is 5.82 Å². The summed E-state index contributed by atoms with van der Waals surface area (Å²) in [6.07, 6.45) is 5.71. The first-order valence-corrected chi connectivity index (χ1v) is 11.1. The Morgan fingerprint density at radius 2 is 1.88 bits per heavy atom. The summed E-state index contributed by atoms with van der Waals surface area (Å²) in [4.78, 5) is 11.0. The van der Waals surface area contributed by atoms with Crippen molar-refractivity contribution in [1.82, 2.24) is 24.6 Å². The van der Waals surface area contributed by atoms with Crippen LogP contribution in [0.15, 0.2) is 36.8 Å². The van der Waals surface area contributed by atoms with Gasteiger partial charge in [-0.15, -0.1) is 0 Å². The number of hydrogen-bond donors (Lipinski definition) is 3. The molecule has 8 nitrogen and oxygen atoms in total. The minimum Gasteiger partial charge on any atom is -0.397 e. The van der Waals surface area contributed by atoms with Crippen LogP contribution in [0.25, 0.3) is 21.9 Å². The number of nitrogen functional groups attached to an aromatic ring is 2. The number of anilines is 4. The highest BCUT2D eigenvalue weighted by atomic mass is 19.1. The quantitative estimate of drug-likeness (QED) is 0.410. The molecule has 4 heterocycles. The molecule has 5 N–H and O–H groups in total. The van der Waals surface area contributed by atoms with Gasteiger partial charge in [-0.05, 0) is 36.6 Å². The molecule has 0 radical (unpaired) electrons. The van der Waals surface area contributed by atoms with Crippen molar-refractivity contribution in [3.8, 4) is 11.1 Å². The van der Waals surface area contributed by atoms with Gasteiger partial charge in [0.05, 0.1) is 24.1 Å². The van der Waals surface area contributed by atoms with Crippen molar-refractivity contribution in [1.29, 1.82) is 0 Å². The molecule has 0 aliphatic carbocycles. The van der Waals surface area contributed by atoms with Crippen LogP contribution in [0.5, 0.6) is 0 Å². The summed E-state index contributed by atoms with van der Waals surface area (Å²) in [5.41, 5.74) is 15.6. The van der Waals surface area contributed by atoms with E-state index in [1.807, 2.05) is 13.0 Å². The minimum absolute atomic E-state index is 0.0533. The van der Waals surface area contributed by atoms with E-state index in [0.29, 0.717) is 28.0 Å². The topological polar surface area (TPSA) is 111 Å². The molecule has 3 aromatic heterocycles. The number of rotatable bonds is 4. The van der Waals surface area contributed by atoms with Crippen molar-refractivity contribution < 1.29 is 4.39 Å². The number of aromatic nitrogens is 4. The lowest BCUT2D eigenvalue weighted by molar-refractivity contribution is 0.292. The maximum Gasteiger partial charge on any atom is 0.154 e. The van der Waals surface area contributed by atoms with E-state index < -0.39 is 5.82 Å². The average molecular weight is 447 g/mol. The zero-order valence-corrected chi connectivity index (χ0v) is 18.8. The van der Waals surface area contributed by atoms with Gasteiger partial charge >= 0.3 is 0 Å². The number of hydrogen-bond acceptors (Lipinski definition) is 7. The molecular formula is C24H27FN8. The Kier molecular flexibility index (Phi) is 5.33. The van der Waals surface area contributed by atoms with E-state index in [-0.39, 0.29) is 5.69 Å². The number of nitrogens with one attached hydrogen (secondary N) is 1. The van der Waals surface area contributed by atoms with Crippen LogP contribution in [0.4, 0.5) is 27.4 Å². The number of nitrogens with two attached hydrogens (primary N) is 2. The Hall–Kier alpha value is -3.72. The van der Waals surface area contributed by atoms with Crippen LogP contribution in [0, 0.1) is 12.7 Å². The Bertz CT molecular complexity index is 1320. The van der Waals surface area contributed by atoms with Gasteiger partial charge in [-0.1, -0.05) is 6.92 Å². The second-order valence-electron chi connectivity index (χ2n) is 8.40. The number of nitrogens with zero attached hydrogens (tertiary/aromatic N) is 5. The van der Waals surface area contributed by atoms with E-state index in [4.69, 9.17) is 16.6 Å². The summed E-state index contributed by atoms with van der Waals surface area (Å²) >= 11 is 0. The van der Waals surface area contributed by atoms with Crippen LogP contribution < -0.4 is 16.8 Å². The monoisotopic (exact) mass is 446 g/mol. The number of benzene rings is 1. The molecule has 1 aliphatic heterocycles. The number of likely N-dealkylation sites (N-methyl/N-ethyl adjacent to an activating group) is 1. The highest BCUT2D eigenvalue weighted by Gasteiger charge is 2.18. The Balaban J connectivity index is 1.49. The molecule has 9 heteroatoms. The molecule has 170 valence electrons. The molecule has 1 aromatic carbocycles. The molecule has 0 atom stereocenters. The van der Waals surface area contributed by atoms with Crippen molar-refractivity contribution in [2.45, 2.75) is 26.8 Å². The fraction of sp³-hybridized carbons (Fsp3) is 0.292. The lowest BCUT2D eigenvalue weighted by Crippen LogP contribution is -2.26. The lowest BCUT2D eigenvalue weighted by atomic mass is 9.97. The van der Waals surface area contributed by atoms with E-state index in [1.54, 1.807) is 24.7 Å². The summed E-state index contributed by atoms with van der Waals surface area (Å²) < 4.78 is 17.2. The molecule has 0 fully saturated rings. The number of pyridine rings is 2. The van der Waals surface area contributed by atoms with E-state index in [2.05, 4.69) is 37.9 Å². The first-order chi connectivity index (χ1) is 15.9. The van der Waals surface area contributed by atoms with E-state index in [1.165, 1.54) is 5.69 Å². The van der Waals surface area contributed by atoms with Gasteiger partial charge in [-0.3, -0.25) is 9.67 Å². The molecule has 0 amide bonds. The fourth-order valence-corrected chi connectivity index (χ4v) is 4.35. The average Bonchev–Trinajstić information content (AvgIpc) is 3.09. The molecule has 0 saturated heterocycles. The molecule has 0 saturated carbocycles. The molecule has 4 aromatic rings. The second kappa shape index (κ2) is 8.32. The number of fused-ring (bicyclic) bond motifs is 2. The predicted molar refractivity (Wildman–Crippen MR) is 130 cm³/mol. The molecule has 1 aliphatic rings. The van der Waals surface area contributed by atoms with Crippen molar-refractivity contribution in [2.75, 3.05) is 36.4 Å². The third kappa shape index (κ3) is 3.84. The zero-order chi connectivity index (χ0) is 23.1. The largest absolute Gasteiger partial charge is 0.397 e. The van der Waals surface area contributed by atoms with Crippen LogP contribution in [-0.4, -0.2) is 44.3 Å². The first-order valence-electron chi connectivity index (χ1n) is 11.1.